The van der Waals surface area contributed by atoms with E-state index >= 15 is 0 Å². The van der Waals surface area contributed by atoms with Crippen LogP contribution in [-0.2, 0) is 0 Å². The molecule has 0 N–H and O–H groups in total. The maximum absolute atomic E-state index is 13.8. The molecule has 1 aromatic carbocycles. The molecular weight excluding hydrogens is 233 g/mol. The Balaban J connectivity index is 2.40. The fourth-order valence-electron chi connectivity index (χ4n) is 1.64. The molecule has 0 aliphatic carbocycles. The largest absolute Gasteiger partial charge is 0.497 e. The molecule has 0 spiro atoms. The molecule has 4 heteroatoms. The number of ketones is 1. The molecule has 1 heterocycles. The van der Waals surface area contributed by atoms with Crippen LogP contribution in [0.25, 0.3) is 0 Å². The second kappa shape index (κ2) is 4.96. The van der Waals surface area contributed by atoms with Crippen molar-refractivity contribution >= 4 is 5.78 Å². The van der Waals surface area contributed by atoms with E-state index in [0.717, 1.165) is 5.56 Å². The number of halogens is 1. The smallest absolute Gasteiger partial charge is 0.197 e. The Bertz CT molecular complexity index is 596. The summed E-state index contributed by atoms with van der Waals surface area (Å²) in [6.45, 7) is 1.83. The topological polar surface area (TPSA) is 39.2 Å². The summed E-state index contributed by atoms with van der Waals surface area (Å²) >= 11 is 0. The Hall–Kier alpha value is -2.23. The van der Waals surface area contributed by atoms with E-state index in [0.29, 0.717) is 11.3 Å². The summed E-state index contributed by atoms with van der Waals surface area (Å²) < 4.78 is 18.6. The standard InChI is InChI=1S/C14H12FNO2/c1-9-5-10(8-16-7-9)14(17)12-4-3-11(18-2)6-13(12)15/h3-8H,1-2H3. The molecule has 0 bridgehead atoms. The van der Waals surface area contributed by atoms with Crippen LogP contribution in [0.3, 0.4) is 0 Å². The minimum Gasteiger partial charge on any atom is -0.497 e. The number of hydrogen-bond acceptors (Lipinski definition) is 3. The van der Waals surface area contributed by atoms with Gasteiger partial charge < -0.3 is 4.74 Å². The van der Waals surface area contributed by atoms with Gasteiger partial charge in [-0.2, -0.15) is 0 Å². The minimum atomic E-state index is -0.596. The van der Waals surface area contributed by atoms with Crippen LogP contribution in [0.2, 0.25) is 0 Å². The first-order valence-corrected chi connectivity index (χ1v) is 5.41. The van der Waals surface area contributed by atoms with Crippen molar-refractivity contribution in [3.63, 3.8) is 0 Å². The predicted octanol–water partition coefficient (Wildman–Crippen LogP) is 2.77. The number of carbonyl (C=O) groups is 1. The molecule has 18 heavy (non-hydrogen) atoms. The highest BCUT2D eigenvalue weighted by Crippen LogP contribution is 2.19. The maximum atomic E-state index is 13.8. The highest BCUT2D eigenvalue weighted by atomic mass is 19.1. The van der Waals surface area contributed by atoms with Crippen LogP contribution in [0.15, 0.2) is 36.7 Å². The molecule has 2 rings (SSSR count). The van der Waals surface area contributed by atoms with E-state index in [2.05, 4.69) is 4.98 Å². The van der Waals surface area contributed by atoms with Gasteiger partial charge in [-0.1, -0.05) is 0 Å². The number of ether oxygens (including phenoxy) is 1. The number of nitrogens with zero attached hydrogens (tertiary/aromatic N) is 1. The highest BCUT2D eigenvalue weighted by molar-refractivity contribution is 6.09. The summed E-state index contributed by atoms with van der Waals surface area (Å²) in [4.78, 5) is 16.0. The Kier molecular flexibility index (Phi) is 3.37. The van der Waals surface area contributed by atoms with Crippen LogP contribution >= 0.6 is 0 Å². The van der Waals surface area contributed by atoms with E-state index in [1.807, 2.05) is 6.92 Å². The first kappa shape index (κ1) is 12.2. The van der Waals surface area contributed by atoms with Crippen molar-refractivity contribution in [3.05, 3.63) is 59.2 Å². The number of pyridine rings is 1. The molecule has 0 saturated carbocycles. The van der Waals surface area contributed by atoms with Gasteiger partial charge in [-0.15, -0.1) is 0 Å². The summed E-state index contributed by atoms with van der Waals surface area (Å²) in [7, 11) is 1.45. The van der Waals surface area contributed by atoms with E-state index < -0.39 is 5.82 Å². The van der Waals surface area contributed by atoms with E-state index in [-0.39, 0.29) is 11.3 Å². The zero-order valence-electron chi connectivity index (χ0n) is 10.1. The third-order valence-electron chi connectivity index (χ3n) is 2.56. The van der Waals surface area contributed by atoms with Crippen LogP contribution in [-0.4, -0.2) is 17.9 Å². The van der Waals surface area contributed by atoms with Gasteiger partial charge in [0.15, 0.2) is 5.78 Å². The molecular formula is C14H12FNO2. The number of aromatic nitrogens is 1. The molecule has 0 radical (unpaired) electrons. The van der Waals surface area contributed by atoms with Crippen LogP contribution in [0, 0.1) is 12.7 Å². The lowest BCUT2D eigenvalue weighted by Crippen LogP contribution is -2.05. The zero-order chi connectivity index (χ0) is 13.1. The van der Waals surface area contributed by atoms with Crippen LogP contribution in [0.5, 0.6) is 5.75 Å². The molecule has 0 saturated heterocycles. The van der Waals surface area contributed by atoms with Gasteiger partial charge in [0.25, 0.3) is 0 Å². The lowest BCUT2D eigenvalue weighted by Gasteiger charge is -2.05. The molecule has 0 aliphatic heterocycles. The van der Waals surface area contributed by atoms with E-state index in [1.165, 1.54) is 25.4 Å². The second-order valence-corrected chi connectivity index (χ2v) is 3.93. The molecule has 0 fully saturated rings. The van der Waals surface area contributed by atoms with Crippen LogP contribution < -0.4 is 4.74 Å². The summed E-state index contributed by atoms with van der Waals surface area (Å²) in [5, 5.41) is 0. The van der Waals surface area contributed by atoms with Crippen molar-refractivity contribution in [1.29, 1.82) is 0 Å². The summed E-state index contributed by atoms with van der Waals surface area (Å²) in [5.74, 6) is -0.598. The van der Waals surface area contributed by atoms with Gasteiger partial charge in [0.05, 0.1) is 12.7 Å². The number of rotatable bonds is 3. The Morgan fingerprint density at radius 3 is 2.67 bits per heavy atom. The predicted molar refractivity (Wildman–Crippen MR) is 65.4 cm³/mol. The van der Waals surface area contributed by atoms with Crippen molar-refractivity contribution in [1.82, 2.24) is 4.98 Å². The van der Waals surface area contributed by atoms with Gasteiger partial charge in [0.2, 0.25) is 0 Å². The summed E-state index contributed by atoms with van der Waals surface area (Å²) in [6.07, 6.45) is 3.07. The zero-order valence-corrected chi connectivity index (χ0v) is 10.1. The van der Waals surface area contributed by atoms with Crippen molar-refractivity contribution in [2.45, 2.75) is 6.92 Å². The third-order valence-corrected chi connectivity index (χ3v) is 2.56. The quantitative estimate of drug-likeness (QED) is 0.780. The molecule has 0 aliphatic rings. The van der Waals surface area contributed by atoms with E-state index in [9.17, 15) is 9.18 Å². The number of hydrogen-bond donors (Lipinski definition) is 0. The van der Waals surface area contributed by atoms with Gasteiger partial charge in [0.1, 0.15) is 11.6 Å². The molecule has 92 valence electrons. The third kappa shape index (κ3) is 2.37. The van der Waals surface area contributed by atoms with Gasteiger partial charge in [-0.3, -0.25) is 9.78 Å². The minimum absolute atomic E-state index is 0.0169. The van der Waals surface area contributed by atoms with E-state index in [1.54, 1.807) is 18.3 Å². The average Bonchev–Trinajstić information content (AvgIpc) is 2.37. The van der Waals surface area contributed by atoms with Gasteiger partial charge in [-0.25, -0.2) is 4.39 Å². The lowest BCUT2D eigenvalue weighted by molar-refractivity contribution is 0.103. The number of carbonyl (C=O) groups excluding carboxylic acids is 1. The van der Waals surface area contributed by atoms with Gasteiger partial charge in [0, 0.05) is 24.0 Å². The van der Waals surface area contributed by atoms with Crippen LogP contribution in [0.4, 0.5) is 4.39 Å². The first-order valence-electron chi connectivity index (χ1n) is 5.41. The van der Waals surface area contributed by atoms with Gasteiger partial charge >= 0.3 is 0 Å². The highest BCUT2D eigenvalue weighted by Gasteiger charge is 2.15. The first-order chi connectivity index (χ1) is 8.61. The van der Waals surface area contributed by atoms with Crippen molar-refractivity contribution < 1.29 is 13.9 Å². The van der Waals surface area contributed by atoms with Crippen molar-refractivity contribution in [2.75, 3.05) is 7.11 Å². The number of benzene rings is 1. The Morgan fingerprint density at radius 2 is 2.06 bits per heavy atom. The fraction of sp³-hybridized carbons (Fsp3) is 0.143. The summed E-state index contributed by atoms with van der Waals surface area (Å²) in [6, 6.07) is 5.84. The van der Waals surface area contributed by atoms with E-state index in [4.69, 9.17) is 4.74 Å². The lowest BCUT2D eigenvalue weighted by atomic mass is 10.0. The van der Waals surface area contributed by atoms with Gasteiger partial charge in [-0.05, 0) is 30.7 Å². The monoisotopic (exact) mass is 245 g/mol. The molecule has 2 aromatic rings. The Labute approximate surface area is 104 Å². The molecule has 0 amide bonds. The molecule has 3 nitrogen and oxygen atoms in total. The van der Waals surface area contributed by atoms with Crippen LogP contribution in [0.1, 0.15) is 21.5 Å². The fourth-order valence-corrected chi connectivity index (χ4v) is 1.64. The number of methoxy groups -OCH3 is 1. The normalized spacial score (nSPS) is 10.2. The average molecular weight is 245 g/mol. The van der Waals surface area contributed by atoms with Crippen molar-refractivity contribution in [3.8, 4) is 5.75 Å². The summed E-state index contributed by atoms with van der Waals surface area (Å²) in [5.41, 5.74) is 1.25. The molecule has 0 atom stereocenters. The van der Waals surface area contributed by atoms with Crippen molar-refractivity contribution in [2.24, 2.45) is 0 Å². The second-order valence-electron chi connectivity index (χ2n) is 3.93. The number of aryl methyl sites for hydroxylation is 1. The molecule has 0 unspecified atom stereocenters. The Morgan fingerprint density at radius 1 is 1.28 bits per heavy atom. The maximum Gasteiger partial charge on any atom is 0.197 e. The molecule has 1 aromatic heterocycles. The SMILES string of the molecule is COc1ccc(C(=O)c2cncc(C)c2)c(F)c1.